The highest BCUT2D eigenvalue weighted by atomic mass is 32.1. The van der Waals surface area contributed by atoms with Crippen LogP contribution in [0.2, 0.25) is 0 Å². The Hall–Kier alpha value is -2.34. The molecule has 2 heterocycles. The molecule has 6 heteroatoms. The van der Waals surface area contributed by atoms with Gasteiger partial charge in [0.1, 0.15) is 11.3 Å². The molecular weight excluding hydrogens is 246 g/mol. The molecule has 0 radical (unpaired) electrons. The van der Waals surface area contributed by atoms with Gasteiger partial charge in [-0.25, -0.2) is 14.6 Å². The molecule has 0 bridgehead atoms. The summed E-state index contributed by atoms with van der Waals surface area (Å²) in [6.45, 7) is 0. The standard InChI is InChI=1S/C12H9N5S/c13-11(18)12-14-7-17(16-12)10-6-5-8-3-1-2-4-9(8)15-10/h1-7H,(H2,13,18). The van der Waals surface area contributed by atoms with E-state index in [1.54, 1.807) is 11.0 Å². The minimum Gasteiger partial charge on any atom is -0.387 e. The highest BCUT2D eigenvalue weighted by Gasteiger charge is 2.06. The fourth-order valence-corrected chi connectivity index (χ4v) is 1.76. The molecule has 0 unspecified atom stereocenters. The molecule has 0 aliphatic heterocycles. The molecule has 1 aromatic carbocycles. The summed E-state index contributed by atoms with van der Waals surface area (Å²) >= 11 is 4.82. The summed E-state index contributed by atoms with van der Waals surface area (Å²) in [6.07, 6.45) is 1.55. The van der Waals surface area contributed by atoms with Crippen molar-refractivity contribution >= 4 is 28.1 Å². The summed E-state index contributed by atoms with van der Waals surface area (Å²) in [6, 6.07) is 11.7. The van der Waals surface area contributed by atoms with E-state index < -0.39 is 0 Å². The third-order valence-corrected chi connectivity index (χ3v) is 2.71. The molecule has 2 aromatic heterocycles. The Morgan fingerprint density at radius 2 is 2.00 bits per heavy atom. The van der Waals surface area contributed by atoms with E-state index in [-0.39, 0.29) is 4.99 Å². The predicted molar refractivity (Wildman–Crippen MR) is 72.5 cm³/mol. The molecule has 5 nitrogen and oxygen atoms in total. The van der Waals surface area contributed by atoms with E-state index in [9.17, 15) is 0 Å². The molecule has 3 aromatic rings. The van der Waals surface area contributed by atoms with Crippen molar-refractivity contribution in [3.63, 3.8) is 0 Å². The van der Waals surface area contributed by atoms with Gasteiger partial charge in [0.15, 0.2) is 5.82 Å². The smallest absolute Gasteiger partial charge is 0.208 e. The maximum absolute atomic E-state index is 5.47. The molecule has 2 N–H and O–H groups in total. The number of thiocarbonyl (C=S) groups is 1. The summed E-state index contributed by atoms with van der Waals surface area (Å²) in [7, 11) is 0. The molecular formula is C12H9N5S. The molecule has 0 fully saturated rings. The van der Waals surface area contributed by atoms with Crippen LogP contribution in [0.3, 0.4) is 0 Å². The van der Waals surface area contributed by atoms with Crippen LogP contribution in [-0.4, -0.2) is 24.7 Å². The van der Waals surface area contributed by atoms with Crippen LogP contribution in [0.5, 0.6) is 0 Å². The van der Waals surface area contributed by atoms with Gasteiger partial charge in [-0.1, -0.05) is 30.4 Å². The van der Waals surface area contributed by atoms with Crippen LogP contribution < -0.4 is 5.73 Å². The number of benzene rings is 1. The first-order chi connectivity index (χ1) is 8.74. The predicted octanol–water partition coefficient (Wildman–Crippen LogP) is 1.45. The Balaban J connectivity index is 2.10. The number of aromatic nitrogens is 4. The number of pyridine rings is 1. The third-order valence-electron chi connectivity index (χ3n) is 2.53. The lowest BCUT2D eigenvalue weighted by molar-refractivity contribution is 0.848. The molecule has 18 heavy (non-hydrogen) atoms. The SMILES string of the molecule is NC(=S)c1ncn(-c2ccc3ccccc3n2)n1. The molecule has 0 aliphatic carbocycles. The largest absolute Gasteiger partial charge is 0.387 e. The first-order valence-electron chi connectivity index (χ1n) is 5.32. The molecule has 0 spiro atoms. The van der Waals surface area contributed by atoms with Gasteiger partial charge in [-0.2, -0.15) is 0 Å². The molecule has 0 saturated carbocycles. The van der Waals surface area contributed by atoms with Crippen LogP contribution in [0.25, 0.3) is 16.7 Å². The van der Waals surface area contributed by atoms with Gasteiger partial charge in [0.2, 0.25) is 5.82 Å². The summed E-state index contributed by atoms with van der Waals surface area (Å²) in [5, 5.41) is 5.24. The van der Waals surface area contributed by atoms with E-state index in [1.165, 1.54) is 0 Å². The van der Waals surface area contributed by atoms with Gasteiger partial charge < -0.3 is 5.73 Å². The van der Waals surface area contributed by atoms with E-state index >= 15 is 0 Å². The average molecular weight is 255 g/mol. The van der Waals surface area contributed by atoms with E-state index in [2.05, 4.69) is 15.1 Å². The van der Waals surface area contributed by atoms with Crippen LogP contribution >= 0.6 is 12.2 Å². The number of fused-ring (bicyclic) bond motifs is 1. The second kappa shape index (κ2) is 4.15. The van der Waals surface area contributed by atoms with Crippen LogP contribution in [0.1, 0.15) is 5.82 Å². The fourth-order valence-electron chi connectivity index (χ4n) is 1.67. The van der Waals surface area contributed by atoms with Gasteiger partial charge in [-0.3, -0.25) is 0 Å². The Morgan fingerprint density at radius 3 is 2.78 bits per heavy atom. The van der Waals surface area contributed by atoms with Gasteiger partial charge in [0.05, 0.1) is 5.52 Å². The van der Waals surface area contributed by atoms with Crippen molar-refractivity contribution in [3.8, 4) is 5.82 Å². The third kappa shape index (κ3) is 1.82. The molecule has 3 rings (SSSR count). The lowest BCUT2D eigenvalue weighted by atomic mass is 10.2. The van der Waals surface area contributed by atoms with Gasteiger partial charge in [0, 0.05) is 5.39 Å². The average Bonchev–Trinajstić information content (AvgIpc) is 2.88. The quantitative estimate of drug-likeness (QED) is 0.702. The number of nitrogens with zero attached hydrogens (tertiary/aromatic N) is 4. The summed E-state index contributed by atoms with van der Waals surface area (Å²) in [5.41, 5.74) is 6.37. The van der Waals surface area contributed by atoms with Crippen molar-refractivity contribution in [2.75, 3.05) is 0 Å². The van der Waals surface area contributed by atoms with E-state index in [1.807, 2.05) is 36.4 Å². The van der Waals surface area contributed by atoms with Crippen molar-refractivity contribution < 1.29 is 0 Å². The van der Waals surface area contributed by atoms with Crippen LogP contribution in [0.4, 0.5) is 0 Å². The lowest BCUT2D eigenvalue weighted by Gasteiger charge is -2.01. The number of rotatable bonds is 2. The van der Waals surface area contributed by atoms with E-state index in [0.29, 0.717) is 11.6 Å². The number of nitrogens with two attached hydrogens (primary N) is 1. The zero-order valence-electron chi connectivity index (χ0n) is 9.32. The van der Waals surface area contributed by atoms with Gasteiger partial charge in [-0.05, 0) is 18.2 Å². The van der Waals surface area contributed by atoms with Crippen molar-refractivity contribution in [1.29, 1.82) is 0 Å². The summed E-state index contributed by atoms with van der Waals surface area (Å²) in [4.78, 5) is 8.69. The Labute approximate surface area is 108 Å². The highest BCUT2D eigenvalue weighted by molar-refractivity contribution is 7.80. The minimum absolute atomic E-state index is 0.175. The first-order valence-corrected chi connectivity index (χ1v) is 5.72. The van der Waals surface area contributed by atoms with Crippen LogP contribution in [-0.2, 0) is 0 Å². The molecule has 0 atom stereocenters. The zero-order valence-corrected chi connectivity index (χ0v) is 10.1. The van der Waals surface area contributed by atoms with Crippen molar-refractivity contribution in [3.05, 3.63) is 48.5 Å². The van der Waals surface area contributed by atoms with Gasteiger partial charge in [-0.15, -0.1) is 5.10 Å². The molecule has 88 valence electrons. The Bertz CT molecular complexity index is 734. The summed E-state index contributed by atoms with van der Waals surface area (Å²) in [5.74, 6) is 1.03. The van der Waals surface area contributed by atoms with Crippen molar-refractivity contribution in [2.45, 2.75) is 0 Å². The first kappa shape index (κ1) is 10.8. The lowest BCUT2D eigenvalue weighted by Crippen LogP contribution is -2.12. The number of para-hydroxylation sites is 1. The number of hydrogen-bond acceptors (Lipinski definition) is 4. The van der Waals surface area contributed by atoms with E-state index in [4.69, 9.17) is 18.0 Å². The second-order valence-electron chi connectivity index (χ2n) is 3.74. The van der Waals surface area contributed by atoms with Crippen molar-refractivity contribution in [1.82, 2.24) is 19.7 Å². The minimum atomic E-state index is 0.175. The topological polar surface area (TPSA) is 69.6 Å². The molecule has 0 aliphatic rings. The van der Waals surface area contributed by atoms with Crippen molar-refractivity contribution in [2.24, 2.45) is 5.73 Å². The van der Waals surface area contributed by atoms with E-state index in [0.717, 1.165) is 10.9 Å². The Morgan fingerprint density at radius 1 is 1.17 bits per heavy atom. The maximum atomic E-state index is 5.47. The molecule has 0 saturated heterocycles. The highest BCUT2D eigenvalue weighted by Crippen LogP contribution is 2.13. The van der Waals surface area contributed by atoms with Crippen LogP contribution in [0.15, 0.2) is 42.7 Å². The normalized spacial score (nSPS) is 10.7. The van der Waals surface area contributed by atoms with Gasteiger partial charge in [0.25, 0.3) is 0 Å². The fraction of sp³-hybridized carbons (Fsp3) is 0. The summed E-state index contributed by atoms with van der Waals surface area (Å²) < 4.78 is 1.56. The van der Waals surface area contributed by atoms with Gasteiger partial charge >= 0.3 is 0 Å². The van der Waals surface area contributed by atoms with Crippen LogP contribution in [0, 0.1) is 0 Å². The molecule has 0 amide bonds. The second-order valence-corrected chi connectivity index (χ2v) is 4.18. The zero-order chi connectivity index (χ0) is 12.5. The monoisotopic (exact) mass is 255 g/mol. The maximum Gasteiger partial charge on any atom is 0.208 e. The Kier molecular flexibility index (Phi) is 2.49. The number of hydrogen-bond donors (Lipinski definition) is 1.